The Kier molecular flexibility index (Phi) is 5.07. The molecule has 8 heteroatoms. The summed E-state index contributed by atoms with van der Waals surface area (Å²) in [5.74, 6) is -0.164. The van der Waals surface area contributed by atoms with E-state index < -0.39 is 6.10 Å². The van der Waals surface area contributed by atoms with Crippen molar-refractivity contribution in [1.29, 1.82) is 0 Å². The van der Waals surface area contributed by atoms with Gasteiger partial charge in [-0.3, -0.25) is 10.1 Å². The van der Waals surface area contributed by atoms with Crippen molar-refractivity contribution in [2.45, 2.75) is 25.0 Å². The average Bonchev–Trinajstić information content (AvgIpc) is 2.86. The zero-order valence-electron chi connectivity index (χ0n) is 8.46. The molecule has 0 aliphatic carbocycles. The highest BCUT2D eigenvalue weighted by Gasteiger charge is 2.30. The maximum absolute atomic E-state index is 11.6. The van der Waals surface area contributed by atoms with Crippen LogP contribution < -0.4 is 11.1 Å². The number of nitrogens with zero attached hydrogens (tertiary/aromatic N) is 2. The molecule has 1 aromatic heterocycles. The van der Waals surface area contributed by atoms with Gasteiger partial charge in [-0.05, 0) is 12.8 Å². The normalized spacial score (nSPS) is 23.8. The van der Waals surface area contributed by atoms with Crippen molar-refractivity contribution in [2.75, 3.05) is 11.9 Å². The van der Waals surface area contributed by atoms with Crippen molar-refractivity contribution in [3.05, 3.63) is 5.51 Å². The number of ether oxygens (including phenoxy) is 1. The number of carbonyl (C=O) groups excluding carboxylic acids is 1. The van der Waals surface area contributed by atoms with Gasteiger partial charge in [-0.1, -0.05) is 11.3 Å². The highest BCUT2D eigenvalue weighted by Crippen LogP contribution is 2.20. The molecular weight excluding hydrogens is 252 g/mol. The van der Waals surface area contributed by atoms with Crippen LogP contribution in [0.5, 0.6) is 0 Å². The van der Waals surface area contributed by atoms with Crippen LogP contribution in [0.2, 0.25) is 0 Å². The number of hydrogen-bond donors (Lipinski definition) is 2. The number of nitrogens with one attached hydrogen (secondary N) is 1. The Hall–Kier alpha value is -0.760. The third-order valence-electron chi connectivity index (χ3n) is 2.25. The van der Waals surface area contributed by atoms with Gasteiger partial charge in [0.2, 0.25) is 5.13 Å². The van der Waals surface area contributed by atoms with Crippen molar-refractivity contribution in [3.63, 3.8) is 0 Å². The monoisotopic (exact) mass is 264 g/mol. The highest BCUT2D eigenvalue weighted by molar-refractivity contribution is 7.13. The molecule has 3 N–H and O–H groups in total. The molecule has 0 saturated carbocycles. The summed E-state index contributed by atoms with van der Waals surface area (Å²) in [4.78, 5) is 11.6. The Balaban J connectivity index is 0.00000128. The van der Waals surface area contributed by atoms with E-state index in [1.165, 1.54) is 11.3 Å². The summed E-state index contributed by atoms with van der Waals surface area (Å²) in [5.41, 5.74) is 7.02. The molecule has 0 spiro atoms. The lowest BCUT2D eigenvalue weighted by atomic mass is 10.2. The Morgan fingerprint density at radius 2 is 2.50 bits per heavy atom. The molecule has 6 nitrogen and oxygen atoms in total. The number of carbonyl (C=O) groups is 1. The number of rotatable bonds is 3. The summed E-state index contributed by atoms with van der Waals surface area (Å²) in [7, 11) is 0. The van der Waals surface area contributed by atoms with Gasteiger partial charge in [-0.15, -0.1) is 22.6 Å². The average molecular weight is 265 g/mol. The van der Waals surface area contributed by atoms with Gasteiger partial charge in [0.25, 0.3) is 5.91 Å². The number of halogens is 1. The van der Waals surface area contributed by atoms with Crippen LogP contribution in [0.1, 0.15) is 12.8 Å². The standard InChI is InChI=1S/C8H12N4O2S.ClH/c9-3-5-1-2-6(14-5)7(13)11-8-12-10-4-15-8;/h4-6H,1-3,9H2,(H,11,12,13);1H/t5-,6+;/m1./s1. The minimum Gasteiger partial charge on any atom is -0.364 e. The number of amides is 1. The number of hydrogen-bond acceptors (Lipinski definition) is 6. The molecule has 1 fully saturated rings. The van der Waals surface area contributed by atoms with Crippen LogP contribution in [-0.4, -0.2) is 34.9 Å². The molecule has 16 heavy (non-hydrogen) atoms. The van der Waals surface area contributed by atoms with Crippen molar-refractivity contribution in [1.82, 2.24) is 10.2 Å². The molecule has 1 saturated heterocycles. The molecule has 1 aliphatic rings. The van der Waals surface area contributed by atoms with Crippen LogP contribution in [0.15, 0.2) is 5.51 Å². The zero-order valence-corrected chi connectivity index (χ0v) is 10.1. The lowest BCUT2D eigenvalue weighted by Crippen LogP contribution is -2.29. The maximum Gasteiger partial charge on any atom is 0.255 e. The Bertz CT molecular complexity index is 335. The first-order valence-corrected chi connectivity index (χ1v) is 5.60. The van der Waals surface area contributed by atoms with Gasteiger partial charge < -0.3 is 10.5 Å². The predicted molar refractivity (Wildman–Crippen MR) is 62.7 cm³/mol. The largest absolute Gasteiger partial charge is 0.364 e. The van der Waals surface area contributed by atoms with E-state index >= 15 is 0 Å². The van der Waals surface area contributed by atoms with Gasteiger partial charge in [0, 0.05) is 6.54 Å². The highest BCUT2D eigenvalue weighted by atomic mass is 35.5. The Morgan fingerprint density at radius 1 is 1.69 bits per heavy atom. The second-order valence-corrected chi connectivity index (χ2v) is 4.13. The molecule has 1 aromatic rings. The van der Waals surface area contributed by atoms with Crippen LogP contribution in [-0.2, 0) is 9.53 Å². The van der Waals surface area contributed by atoms with Crippen molar-refractivity contribution >= 4 is 34.8 Å². The second-order valence-electron chi connectivity index (χ2n) is 3.29. The van der Waals surface area contributed by atoms with E-state index in [2.05, 4.69) is 15.5 Å². The van der Waals surface area contributed by atoms with Crippen molar-refractivity contribution < 1.29 is 9.53 Å². The lowest BCUT2D eigenvalue weighted by Gasteiger charge is -2.10. The van der Waals surface area contributed by atoms with Gasteiger partial charge in [0.1, 0.15) is 11.6 Å². The predicted octanol–water partition coefficient (Wildman–Crippen LogP) is 0.405. The molecule has 90 valence electrons. The van der Waals surface area contributed by atoms with E-state index in [4.69, 9.17) is 10.5 Å². The van der Waals surface area contributed by atoms with Gasteiger partial charge in [0.15, 0.2) is 0 Å². The number of nitrogens with two attached hydrogens (primary N) is 1. The Morgan fingerprint density at radius 3 is 3.06 bits per heavy atom. The lowest BCUT2D eigenvalue weighted by molar-refractivity contribution is -0.126. The smallest absolute Gasteiger partial charge is 0.255 e. The SMILES string of the molecule is Cl.NC[C@H]1CC[C@@H](C(=O)Nc2nncs2)O1. The van der Waals surface area contributed by atoms with E-state index in [1.54, 1.807) is 5.51 Å². The first kappa shape index (κ1) is 13.3. The first-order valence-electron chi connectivity index (χ1n) is 4.72. The maximum atomic E-state index is 11.6. The van der Waals surface area contributed by atoms with Crippen LogP contribution in [0, 0.1) is 0 Å². The molecule has 1 amide bonds. The van der Waals surface area contributed by atoms with E-state index in [9.17, 15) is 4.79 Å². The molecule has 0 bridgehead atoms. The fraction of sp³-hybridized carbons (Fsp3) is 0.625. The summed E-state index contributed by atoms with van der Waals surface area (Å²) in [6.45, 7) is 0.461. The number of anilines is 1. The van der Waals surface area contributed by atoms with Crippen LogP contribution in [0.25, 0.3) is 0 Å². The molecule has 2 rings (SSSR count). The van der Waals surface area contributed by atoms with Gasteiger partial charge in [-0.2, -0.15) is 0 Å². The molecule has 2 atom stereocenters. The van der Waals surface area contributed by atoms with Crippen LogP contribution in [0.3, 0.4) is 0 Å². The third kappa shape index (κ3) is 3.11. The minimum absolute atomic E-state index is 0. The summed E-state index contributed by atoms with van der Waals surface area (Å²) in [6, 6.07) is 0. The quantitative estimate of drug-likeness (QED) is 0.825. The molecule has 0 radical (unpaired) electrons. The molecule has 0 unspecified atom stereocenters. The zero-order chi connectivity index (χ0) is 10.7. The first-order chi connectivity index (χ1) is 7.29. The van der Waals surface area contributed by atoms with Crippen LogP contribution >= 0.6 is 23.7 Å². The topological polar surface area (TPSA) is 90.1 Å². The summed E-state index contributed by atoms with van der Waals surface area (Å²) >= 11 is 1.28. The molecule has 2 heterocycles. The minimum atomic E-state index is -0.401. The van der Waals surface area contributed by atoms with E-state index in [0.717, 1.165) is 6.42 Å². The fourth-order valence-corrected chi connectivity index (χ4v) is 1.93. The van der Waals surface area contributed by atoms with Crippen molar-refractivity contribution in [2.24, 2.45) is 5.73 Å². The second kappa shape index (κ2) is 6.09. The fourth-order valence-electron chi connectivity index (χ4n) is 1.49. The van der Waals surface area contributed by atoms with E-state index in [0.29, 0.717) is 18.1 Å². The molecule has 0 aromatic carbocycles. The van der Waals surface area contributed by atoms with E-state index in [-0.39, 0.29) is 24.4 Å². The van der Waals surface area contributed by atoms with Crippen molar-refractivity contribution in [3.8, 4) is 0 Å². The third-order valence-corrected chi connectivity index (χ3v) is 2.86. The van der Waals surface area contributed by atoms with Gasteiger partial charge in [-0.25, -0.2) is 0 Å². The number of aromatic nitrogens is 2. The molecule has 1 aliphatic heterocycles. The van der Waals surface area contributed by atoms with Gasteiger partial charge in [0.05, 0.1) is 6.10 Å². The summed E-state index contributed by atoms with van der Waals surface area (Å²) < 4.78 is 5.44. The van der Waals surface area contributed by atoms with E-state index in [1.807, 2.05) is 0 Å². The molecular formula is C8H13ClN4O2S. The summed E-state index contributed by atoms with van der Waals surface area (Å²) in [6.07, 6.45) is 1.16. The Labute approximate surface area is 103 Å². The van der Waals surface area contributed by atoms with Crippen LogP contribution in [0.4, 0.5) is 5.13 Å². The van der Waals surface area contributed by atoms with Gasteiger partial charge >= 0.3 is 0 Å². The summed E-state index contributed by atoms with van der Waals surface area (Å²) in [5, 5.41) is 10.5.